The predicted molar refractivity (Wildman–Crippen MR) is 96.0 cm³/mol. The van der Waals surface area contributed by atoms with Gasteiger partial charge in [0.05, 0.1) is 0 Å². The summed E-state index contributed by atoms with van der Waals surface area (Å²) >= 11 is 0. The molecule has 7 nitrogen and oxygen atoms in total. The fourth-order valence-corrected chi connectivity index (χ4v) is 3.43. The zero-order chi connectivity index (χ0) is 17.5. The average molecular weight is 348 g/mol. The highest BCUT2D eigenvalue weighted by atomic mass is 16.7. The van der Waals surface area contributed by atoms with Gasteiger partial charge in [-0.3, -0.25) is 9.89 Å². The number of ether oxygens (including phenoxy) is 2. The summed E-state index contributed by atoms with van der Waals surface area (Å²) in [6, 6.07) is 15.6. The van der Waals surface area contributed by atoms with E-state index in [-0.39, 0.29) is 18.6 Å². The van der Waals surface area contributed by atoms with E-state index in [0.29, 0.717) is 18.0 Å². The number of H-pyrrole nitrogens is 1. The summed E-state index contributed by atoms with van der Waals surface area (Å²) < 4.78 is 10.9. The van der Waals surface area contributed by atoms with Crippen LogP contribution in [0.5, 0.6) is 11.5 Å². The van der Waals surface area contributed by atoms with Crippen LogP contribution in [0.15, 0.2) is 48.5 Å². The number of amides is 1. The van der Waals surface area contributed by atoms with Crippen LogP contribution in [-0.2, 0) is 4.79 Å². The minimum absolute atomic E-state index is 0.0575. The van der Waals surface area contributed by atoms with Crippen LogP contribution in [-0.4, -0.2) is 22.9 Å². The van der Waals surface area contributed by atoms with E-state index in [4.69, 9.17) is 9.47 Å². The Labute approximate surface area is 149 Å². The smallest absolute Gasteiger partial charge is 0.231 e. The molecule has 2 aliphatic rings. The molecule has 1 atom stereocenters. The Balaban J connectivity index is 1.56. The fourth-order valence-electron chi connectivity index (χ4n) is 3.43. The maximum absolute atomic E-state index is 12.2. The molecular weight excluding hydrogens is 332 g/mol. The van der Waals surface area contributed by atoms with Gasteiger partial charge in [0.1, 0.15) is 5.82 Å². The van der Waals surface area contributed by atoms with Gasteiger partial charge in [-0.1, -0.05) is 24.3 Å². The molecule has 0 bridgehead atoms. The second-order valence-electron chi connectivity index (χ2n) is 6.27. The summed E-state index contributed by atoms with van der Waals surface area (Å²) in [5.41, 5.74) is 2.87. The first-order chi connectivity index (χ1) is 12.8. The number of rotatable bonds is 3. The van der Waals surface area contributed by atoms with E-state index >= 15 is 0 Å². The van der Waals surface area contributed by atoms with Gasteiger partial charge in [0.25, 0.3) is 0 Å². The Hall–Kier alpha value is -3.48. The van der Waals surface area contributed by atoms with Crippen molar-refractivity contribution in [2.75, 3.05) is 17.4 Å². The van der Waals surface area contributed by atoms with E-state index in [1.165, 1.54) is 0 Å². The molecule has 3 aromatic rings. The Bertz CT molecular complexity index is 984. The second kappa shape index (κ2) is 5.80. The van der Waals surface area contributed by atoms with Crippen LogP contribution in [0.2, 0.25) is 0 Å². The quantitative estimate of drug-likeness (QED) is 0.675. The summed E-state index contributed by atoms with van der Waals surface area (Å²) in [4.78, 5) is 12.2. The third kappa shape index (κ3) is 2.45. The molecule has 0 fully saturated rings. The van der Waals surface area contributed by atoms with Crippen LogP contribution in [0.1, 0.15) is 23.5 Å². The lowest BCUT2D eigenvalue weighted by molar-refractivity contribution is -0.116. The highest BCUT2D eigenvalue weighted by Crippen LogP contribution is 2.43. The van der Waals surface area contributed by atoms with E-state index in [1.54, 1.807) is 0 Å². The number of aromatic amines is 1. The van der Waals surface area contributed by atoms with Crippen molar-refractivity contribution in [3.63, 3.8) is 0 Å². The van der Waals surface area contributed by atoms with Crippen molar-refractivity contribution in [1.82, 2.24) is 10.2 Å². The van der Waals surface area contributed by atoms with Crippen LogP contribution in [0.3, 0.4) is 0 Å². The van der Waals surface area contributed by atoms with Crippen molar-refractivity contribution in [2.24, 2.45) is 0 Å². The SMILES string of the molecule is O=C1C[C@@H](c2ccc3c(c2)OCO3)c2c(n[nH]c2Nc2ccccc2)N1. The third-order valence-electron chi connectivity index (χ3n) is 4.64. The minimum Gasteiger partial charge on any atom is -0.454 e. The van der Waals surface area contributed by atoms with Crippen LogP contribution < -0.4 is 20.1 Å². The molecule has 0 unspecified atom stereocenters. The van der Waals surface area contributed by atoms with Gasteiger partial charge in [0.2, 0.25) is 12.7 Å². The number of nitrogens with zero attached hydrogens (tertiary/aromatic N) is 1. The third-order valence-corrected chi connectivity index (χ3v) is 4.64. The number of carbonyl (C=O) groups is 1. The van der Waals surface area contributed by atoms with Crippen LogP contribution in [0.4, 0.5) is 17.3 Å². The van der Waals surface area contributed by atoms with Gasteiger partial charge in [-0.05, 0) is 29.8 Å². The van der Waals surface area contributed by atoms with E-state index in [0.717, 1.165) is 28.4 Å². The second-order valence-corrected chi connectivity index (χ2v) is 6.27. The number of hydrogen-bond donors (Lipinski definition) is 3. The molecule has 7 heteroatoms. The number of carbonyl (C=O) groups excluding carboxylic acids is 1. The van der Waals surface area contributed by atoms with Crippen molar-refractivity contribution in [2.45, 2.75) is 12.3 Å². The first-order valence-corrected chi connectivity index (χ1v) is 8.37. The minimum atomic E-state index is -0.127. The number of nitrogens with one attached hydrogen (secondary N) is 3. The Kier molecular flexibility index (Phi) is 3.31. The van der Waals surface area contributed by atoms with Crippen molar-refractivity contribution in [1.29, 1.82) is 0 Å². The van der Waals surface area contributed by atoms with Crippen molar-refractivity contribution in [3.8, 4) is 11.5 Å². The lowest BCUT2D eigenvalue weighted by atomic mass is 9.86. The van der Waals surface area contributed by atoms with E-state index in [9.17, 15) is 4.79 Å². The Morgan fingerprint density at radius 3 is 2.81 bits per heavy atom. The summed E-state index contributed by atoms with van der Waals surface area (Å²) in [6.07, 6.45) is 0.343. The van der Waals surface area contributed by atoms with Crippen molar-refractivity contribution in [3.05, 3.63) is 59.7 Å². The molecule has 0 aliphatic carbocycles. The van der Waals surface area contributed by atoms with Crippen LogP contribution in [0, 0.1) is 0 Å². The van der Waals surface area contributed by atoms with E-state index in [2.05, 4.69) is 20.8 Å². The monoisotopic (exact) mass is 348 g/mol. The Morgan fingerprint density at radius 2 is 1.92 bits per heavy atom. The molecule has 3 N–H and O–H groups in total. The number of anilines is 3. The van der Waals surface area contributed by atoms with Crippen LogP contribution >= 0.6 is 0 Å². The molecule has 26 heavy (non-hydrogen) atoms. The Morgan fingerprint density at radius 1 is 1.08 bits per heavy atom. The standard InChI is InChI=1S/C19H16N4O3/c24-16-9-13(11-6-7-14-15(8-11)26-10-25-14)17-18(22-23-19(17)21-16)20-12-4-2-1-3-5-12/h1-8,13H,9-10H2,(H3,20,21,22,23,24)/t13-/m0/s1. The number of fused-ring (bicyclic) bond motifs is 2. The highest BCUT2D eigenvalue weighted by Gasteiger charge is 2.32. The summed E-state index contributed by atoms with van der Waals surface area (Å²) in [5, 5.41) is 13.5. The molecule has 1 aromatic heterocycles. The fraction of sp³-hybridized carbons (Fsp3) is 0.158. The molecule has 0 saturated heterocycles. The first-order valence-electron chi connectivity index (χ1n) is 8.37. The van der Waals surface area contributed by atoms with E-state index in [1.807, 2.05) is 48.5 Å². The molecule has 2 aliphatic heterocycles. The molecule has 0 saturated carbocycles. The molecule has 0 spiro atoms. The molecule has 1 amide bonds. The summed E-state index contributed by atoms with van der Waals surface area (Å²) in [6.45, 7) is 0.224. The highest BCUT2D eigenvalue weighted by molar-refractivity contribution is 5.95. The van der Waals surface area contributed by atoms with Crippen molar-refractivity contribution >= 4 is 23.2 Å². The number of aromatic nitrogens is 2. The summed E-state index contributed by atoms with van der Waals surface area (Å²) in [7, 11) is 0. The molecular formula is C19H16N4O3. The van der Waals surface area contributed by atoms with Gasteiger partial charge in [0.15, 0.2) is 17.3 Å². The maximum atomic E-state index is 12.2. The zero-order valence-corrected chi connectivity index (χ0v) is 13.8. The average Bonchev–Trinajstić information content (AvgIpc) is 3.28. The van der Waals surface area contributed by atoms with E-state index < -0.39 is 0 Å². The van der Waals surface area contributed by atoms with Gasteiger partial charge >= 0.3 is 0 Å². The molecule has 3 heterocycles. The molecule has 2 aromatic carbocycles. The van der Waals surface area contributed by atoms with Crippen LogP contribution in [0.25, 0.3) is 0 Å². The van der Waals surface area contributed by atoms with Gasteiger partial charge < -0.3 is 20.1 Å². The number of benzene rings is 2. The first kappa shape index (κ1) is 14.8. The summed E-state index contributed by atoms with van der Waals surface area (Å²) in [5.74, 6) is 2.58. The van der Waals surface area contributed by atoms with Gasteiger partial charge in [0, 0.05) is 23.6 Å². The van der Waals surface area contributed by atoms with Gasteiger partial charge in [-0.15, -0.1) is 0 Å². The topological polar surface area (TPSA) is 88.3 Å². The van der Waals surface area contributed by atoms with Crippen molar-refractivity contribution < 1.29 is 14.3 Å². The normalized spacial score (nSPS) is 17.5. The lowest BCUT2D eigenvalue weighted by Crippen LogP contribution is -2.23. The lowest BCUT2D eigenvalue weighted by Gasteiger charge is -2.23. The zero-order valence-electron chi connectivity index (χ0n) is 13.8. The number of para-hydroxylation sites is 1. The number of hydrogen-bond acceptors (Lipinski definition) is 5. The van der Waals surface area contributed by atoms with Gasteiger partial charge in [-0.25, -0.2) is 0 Å². The molecule has 0 radical (unpaired) electrons. The predicted octanol–water partition coefficient (Wildman–Crippen LogP) is 3.36. The maximum Gasteiger partial charge on any atom is 0.231 e. The van der Waals surface area contributed by atoms with Gasteiger partial charge in [-0.2, -0.15) is 5.10 Å². The largest absolute Gasteiger partial charge is 0.454 e. The molecule has 5 rings (SSSR count). The molecule has 130 valence electrons.